The van der Waals surface area contributed by atoms with Gasteiger partial charge < -0.3 is 19.5 Å². The van der Waals surface area contributed by atoms with E-state index >= 15 is 0 Å². The molecule has 1 heterocycles. The van der Waals surface area contributed by atoms with Gasteiger partial charge in [-0.1, -0.05) is 72.8 Å². The molecule has 0 fully saturated rings. The number of carbonyl (C=O) groups is 2. The lowest BCUT2D eigenvalue weighted by Crippen LogP contribution is -2.51. The largest absolute Gasteiger partial charge is 0.488 e. The van der Waals surface area contributed by atoms with Gasteiger partial charge in [0.1, 0.15) is 24.1 Å². The summed E-state index contributed by atoms with van der Waals surface area (Å²) in [6.07, 6.45) is -0.961. The summed E-state index contributed by atoms with van der Waals surface area (Å²) < 4.78 is 12.4. The summed E-state index contributed by atoms with van der Waals surface area (Å²) in [5.74, 6) is -0.494. The van der Waals surface area contributed by atoms with Crippen molar-refractivity contribution in [2.24, 2.45) is 0 Å². The second-order valence-electron chi connectivity index (χ2n) is 9.69. The van der Waals surface area contributed by atoms with E-state index in [1.807, 2.05) is 55.5 Å². The van der Waals surface area contributed by atoms with Gasteiger partial charge in [-0.3, -0.25) is 4.79 Å². The van der Waals surface area contributed by atoms with E-state index in [4.69, 9.17) is 14.7 Å². The molecule has 200 valence electrons. The summed E-state index contributed by atoms with van der Waals surface area (Å²) >= 11 is 0. The predicted octanol–water partition coefficient (Wildman–Crippen LogP) is 5.60. The number of aryl methyl sites for hydroxylation is 1. The first-order valence-corrected chi connectivity index (χ1v) is 13.0. The van der Waals surface area contributed by atoms with E-state index in [1.54, 1.807) is 48.5 Å². The van der Waals surface area contributed by atoms with Crippen molar-refractivity contribution in [1.82, 2.24) is 4.90 Å². The van der Waals surface area contributed by atoms with Gasteiger partial charge in [-0.15, -0.1) is 0 Å². The highest BCUT2D eigenvalue weighted by molar-refractivity contribution is 5.88. The second-order valence-corrected chi connectivity index (χ2v) is 9.69. The van der Waals surface area contributed by atoms with Crippen molar-refractivity contribution in [1.29, 1.82) is 5.26 Å². The Morgan fingerprint density at radius 1 is 0.975 bits per heavy atom. The highest BCUT2D eigenvalue weighted by atomic mass is 16.5. The number of benzene rings is 4. The van der Waals surface area contributed by atoms with Crippen LogP contribution >= 0.6 is 0 Å². The van der Waals surface area contributed by atoms with Crippen LogP contribution in [0.2, 0.25) is 0 Å². The zero-order chi connectivity index (χ0) is 28.1. The van der Waals surface area contributed by atoms with Crippen LogP contribution in [0.3, 0.4) is 0 Å². The van der Waals surface area contributed by atoms with E-state index in [9.17, 15) is 14.7 Å². The SMILES string of the molecule is Cc1ccc2c(c1OCc1ccccc1)C[C@@H](C(=O)O)N(C(=O)[C@@H](Oc1ccc(C#N)cc1)c1ccccc1)C2. The molecule has 1 aliphatic heterocycles. The highest BCUT2D eigenvalue weighted by Gasteiger charge is 2.40. The number of fused-ring (bicyclic) bond motifs is 1. The van der Waals surface area contributed by atoms with Crippen molar-refractivity contribution < 1.29 is 24.2 Å². The minimum Gasteiger partial charge on any atom is -0.488 e. The van der Waals surface area contributed by atoms with Crippen LogP contribution in [0.5, 0.6) is 11.5 Å². The third kappa shape index (κ3) is 5.67. The zero-order valence-corrected chi connectivity index (χ0v) is 22.0. The summed E-state index contributed by atoms with van der Waals surface area (Å²) in [5, 5.41) is 19.4. The number of nitriles is 1. The van der Waals surface area contributed by atoms with Crippen molar-refractivity contribution in [2.45, 2.75) is 38.6 Å². The minimum atomic E-state index is -1.10. The molecular weight excluding hydrogens is 504 g/mol. The molecule has 4 aromatic rings. The number of carboxylic acids is 1. The number of nitrogens with zero attached hydrogens (tertiary/aromatic N) is 2. The maximum atomic E-state index is 14.1. The third-order valence-corrected chi connectivity index (χ3v) is 7.03. The molecule has 5 rings (SSSR count). The van der Waals surface area contributed by atoms with E-state index in [0.717, 1.165) is 22.3 Å². The van der Waals surface area contributed by atoms with Crippen LogP contribution in [-0.4, -0.2) is 27.9 Å². The normalized spacial score (nSPS) is 14.9. The molecular formula is C33H28N2O5. The van der Waals surface area contributed by atoms with Gasteiger partial charge in [0.2, 0.25) is 6.10 Å². The molecule has 0 saturated heterocycles. The van der Waals surface area contributed by atoms with Crippen molar-refractivity contribution in [2.75, 3.05) is 0 Å². The number of carboxylic acid groups (broad SMARTS) is 1. The Morgan fingerprint density at radius 3 is 2.30 bits per heavy atom. The number of hydrogen-bond acceptors (Lipinski definition) is 5. The Kier molecular flexibility index (Phi) is 7.79. The number of ether oxygens (including phenoxy) is 2. The van der Waals surface area contributed by atoms with Crippen LogP contribution in [0.25, 0.3) is 0 Å². The monoisotopic (exact) mass is 532 g/mol. The number of rotatable bonds is 8. The molecule has 0 saturated carbocycles. The van der Waals surface area contributed by atoms with Gasteiger partial charge in [-0.05, 0) is 47.9 Å². The van der Waals surface area contributed by atoms with Crippen LogP contribution in [-0.2, 0) is 29.2 Å². The fourth-order valence-corrected chi connectivity index (χ4v) is 4.92. The molecule has 7 heteroatoms. The molecule has 7 nitrogen and oxygen atoms in total. The first kappa shape index (κ1) is 26.5. The molecule has 1 N–H and O–H groups in total. The van der Waals surface area contributed by atoms with Gasteiger partial charge in [0, 0.05) is 24.1 Å². The first-order chi connectivity index (χ1) is 19.4. The highest BCUT2D eigenvalue weighted by Crippen LogP contribution is 2.36. The molecule has 0 spiro atoms. The van der Waals surface area contributed by atoms with Gasteiger partial charge in [-0.2, -0.15) is 5.26 Å². The fraction of sp³-hybridized carbons (Fsp3) is 0.182. The van der Waals surface area contributed by atoms with Crippen molar-refractivity contribution in [3.05, 3.63) is 130 Å². The standard InChI is InChI=1S/C33H28N2O5/c1-22-12-15-26-20-35(29(33(37)38)18-28(26)30(22)39-21-24-8-4-2-5-9-24)32(36)31(25-10-6-3-7-11-25)40-27-16-13-23(19-34)14-17-27/h2-17,29,31H,18,20-21H2,1H3,(H,37,38)/t29-,31-/m0/s1. The van der Waals surface area contributed by atoms with Crippen molar-refractivity contribution in [3.63, 3.8) is 0 Å². The molecule has 0 aromatic heterocycles. The quantitative estimate of drug-likeness (QED) is 0.317. The van der Waals surface area contributed by atoms with Gasteiger partial charge in [0.25, 0.3) is 5.91 Å². The van der Waals surface area contributed by atoms with Gasteiger partial charge in [0.15, 0.2) is 0 Å². The second kappa shape index (κ2) is 11.7. The third-order valence-electron chi connectivity index (χ3n) is 7.03. The zero-order valence-electron chi connectivity index (χ0n) is 22.0. The van der Waals surface area contributed by atoms with Crippen LogP contribution in [0, 0.1) is 18.3 Å². The van der Waals surface area contributed by atoms with Crippen LogP contribution in [0.15, 0.2) is 97.1 Å². The first-order valence-electron chi connectivity index (χ1n) is 13.0. The topological polar surface area (TPSA) is 99.9 Å². The van der Waals surface area contributed by atoms with Crippen LogP contribution in [0.4, 0.5) is 0 Å². The molecule has 4 aromatic carbocycles. The van der Waals surface area contributed by atoms with Crippen LogP contribution < -0.4 is 9.47 Å². The number of amides is 1. The van der Waals surface area contributed by atoms with E-state index in [2.05, 4.69) is 6.07 Å². The van der Waals surface area contributed by atoms with E-state index in [0.29, 0.717) is 29.2 Å². The number of carbonyl (C=O) groups excluding carboxylic acids is 1. The van der Waals surface area contributed by atoms with Gasteiger partial charge in [0.05, 0.1) is 11.6 Å². The van der Waals surface area contributed by atoms with E-state index in [-0.39, 0.29) is 13.0 Å². The molecule has 0 bridgehead atoms. The summed E-state index contributed by atoms with van der Waals surface area (Å²) in [6.45, 7) is 2.39. The average Bonchev–Trinajstić information content (AvgIpc) is 2.99. The smallest absolute Gasteiger partial charge is 0.326 e. The summed E-state index contributed by atoms with van der Waals surface area (Å²) in [6, 6.07) is 30.1. The fourth-order valence-electron chi connectivity index (χ4n) is 4.92. The lowest BCUT2D eigenvalue weighted by atomic mass is 9.90. The molecule has 0 radical (unpaired) electrons. The Morgan fingerprint density at radius 2 is 1.65 bits per heavy atom. The summed E-state index contributed by atoms with van der Waals surface area (Å²) in [4.78, 5) is 28.0. The minimum absolute atomic E-state index is 0.104. The van der Waals surface area contributed by atoms with E-state index < -0.39 is 24.0 Å². The Hall–Kier alpha value is -5.09. The lowest BCUT2D eigenvalue weighted by molar-refractivity contribution is -0.155. The molecule has 1 aliphatic rings. The van der Waals surface area contributed by atoms with E-state index in [1.165, 1.54) is 4.90 Å². The number of aliphatic carboxylic acids is 1. The molecule has 0 unspecified atom stereocenters. The average molecular weight is 533 g/mol. The van der Waals surface area contributed by atoms with Crippen LogP contribution in [0.1, 0.15) is 39.5 Å². The summed E-state index contributed by atoms with van der Waals surface area (Å²) in [5.41, 5.74) is 4.62. The van der Waals surface area contributed by atoms with Gasteiger partial charge in [-0.25, -0.2) is 4.79 Å². The predicted molar refractivity (Wildman–Crippen MR) is 149 cm³/mol. The Labute approximate surface area is 232 Å². The van der Waals surface area contributed by atoms with Crippen molar-refractivity contribution >= 4 is 11.9 Å². The number of hydrogen-bond donors (Lipinski definition) is 1. The lowest BCUT2D eigenvalue weighted by Gasteiger charge is -2.37. The Balaban J connectivity index is 1.46. The maximum Gasteiger partial charge on any atom is 0.326 e. The maximum absolute atomic E-state index is 14.1. The molecule has 2 atom stereocenters. The van der Waals surface area contributed by atoms with Gasteiger partial charge >= 0.3 is 5.97 Å². The summed E-state index contributed by atoms with van der Waals surface area (Å²) in [7, 11) is 0. The molecule has 0 aliphatic carbocycles. The molecule has 40 heavy (non-hydrogen) atoms. The van der Waals surface area contributed by atoms with Crippen molar-refractivity contribution in [3.8, 4) is 17.6 Å². The Bertz CT molecular complexity index is 1550. The molecule has 1 amide bonds.